The molecular formula is C9H17N3O. The van der Waals surface area contributed by atoms with Gasteiger partial charge in [-0.25, -0.2) is 0 Å². The Morgan fingerprint density at radius 1 is 1.31 bits per heavy atom. The molecule has 74 valence electrons. The quantitative estimate of drug-likeness (QED) is 0.506. The van der Waals surface area contributed by atoms with Crippen molar-refractivity contribution in [3.05, 3.63) is 0 Å². The van der Waals surface area contributed by atoms with Gasteiger partial charge in [-0.2, -0.15) is 0 Å². The van der Waals surface area contributed by atoms with Crippen molar-refractivity contribution in [2.24, 2.45) is 5.73 Å². The number of carbonyl (C=O) groups excluding carboxylic acids is 1. The fourth-order valence-corrected chi connectivity index (χ4v) is 2.30. The lowest BCUT2D eigenvalue weighted by Gasteiger charge is -2.40. The average Bonchev–Trinajstić information content (AvgIpc) is 2.17. The number of piperazine rings is 1. The molecule has 0 aromatic heterocycles. The number of fused-ring (bicyclic) bond motifs is 1. The van der Waals surface area contributed by atoms with Crippen LogP contribution in [0.5, 0.6) is 0 Å². The Morgan fingerprint density at radius 2 is 2.00 bits per heavy atom. The van der Waals surface area contributed by atoms with Crippen molar-refractivity contribution in [3.63, 3.8) is 0 Å². The van der Waals surface area contributed by atoms with Crippen LogP contribution in [0.3, 0.4) is 0 Å². The molecule has 4 N–H and O–H groups in total. The lowest BCUT2D eigenvalue weighted by Crippen LogP contribution is -2.66. The van der Waals surface area contributed by atoms with Crippen LogP contribution in [-0.4, -0.2) is 30.6 Å². The second-order valence-corrected chi connectivity index (χ2v) is 3.96. The minimum atomic E-state index is -0.167. The lowest BCUT2D eigenvalue weighted by atomic mass is 9.87. The summed E-state index contributed by atoms with van der Waals surface area (Å²) in [7, 11) is 0. The summed E-state index contributed by atoms with van der Waals surface area (Å²) in [5, 5.41) is 6.36. The first-order valence-corrected chi connectivity index (χ1v) is 5.08. The Hall–Kier alpha value is -0.610. The molecule has 0 radical (unpaired) electrons. The van der Waals surface area contributed by atoms with Gasteiger partial charge in [0, 0.05) is 18.6 Å². The molecule has 3 unspecified atom stereocenters. The van der Waals surface area contributed by atoms with E-state index in [0.717, 1.165) is 6.42 Å². The summed E-state index contributed by atoms with van der Waals surface area (Å²) < 4.78 is 0. The third-order valence-electron chi connectivity index (χ3n) is 3.06. The van der Waals surface area contributed by atoms with E-state index in [1.807, 2.05) is 0 Å². The van der Waals surface area contributed by atoms with Crippen molar-refractivity contribution < 1.29 is 4.79 Å². The van der Waals surface area contributed by atoms with Crippen LogP contribution in [0.25, 0.3) is 0 Å². The van der Waals surface area contributed by atoms with E-state index in [1.54, 1.807) is 0 Å². The molecule has 0 spiro atoms. The van der Waals surface area contributed by atoms with Crippen LogP contribution >= 0.6 is 0 Å². The normalized spacial score (nSPS) is 39.5. The van der Waals surface area contributed by atoms with Crippen molar-refractivity contribution in [2.75, 3.05) is 6.54 Å². The first-order chi connectivity index (χ1) is 6.31. The summed E-state index contributed by atoms with van der Waals surface area (Å²) in [5.41, 5.74) is 5.49. The Kier molecular flexibility index (Phi) is 2.51. The molecule has 2 fully saturated rings. The maximum absolute atomic E-state index is 11.4. The molecule has 4 nitrogen and oxygen atoms in total. The number of carbonyl (C=O) groups is 1. The molecule has 0 aromatic rings. The summed E-state index contributed by atoms with van der Waals surface area (Å²) in [5.74, 6) is 0.0747. The summed E-state index contributed by atoms with van der Waals surface area (Å²) >= 11 is 0. The standard InChI is InChI=1S/C9H17N3O/c10-5-8-9(13)12-7-4-2-1-3-6(7)11-8/h6-8,11H,1-5,10H2,(H,12,13). The van der Waals surface area contributed by atoms with Crippen molar-refractivity contribution in [1.82, 2.24) is 10.6 Å². The monoisotopic (exact) mass is 183 g/mol. The summed E-state index contributed by atoms with van der Waals surface area (Å²) in [4.78, 5) is 11.4. The molecule has 0 aromatic carbocycles. The number of nitrogens with two attached hydrogens (primary N) is 1. The van der Waals surface area contributed by atoms with E-state index in [4.69, 9.17) is 5.73 Å². The second-order valence-electron chi connectivity index (χ2n) is 3.96. The highest BCUT2D eigenvalue weighted by Crippen LogP contribution is 2.21. The largest absolute Gasteiger partial charge is 0.350 e. The minimum absolute atomic E-state index is 0.0747. The first kappa shape index (κ1) is 8.97. The molecule has 1 saturated heterocycles. The summed E-state index contributed by atoms with van der Waals surface area (Å²) in [6.45, 7) is 0.398. The molecule has 13 heavy (non-hydrogen) atoms. The van der Waals surface area contributed by atoms with E-state index in [1.165, 1.54) is 19.3 Å². The molecule has 4 heteroatoms. The van der Waals surface area contributed by atoms with Gasteiger partial charge >= 0.3 is 0 Å². The van der Waals surface area contributed by atoms with E-state index in [-0.39, 0.29) is 11.9 Å². The van der Waals surface area contributed by atoms with Gasteiger partial charge in [-0.15, -0.1) is 0 Å². The Balaban J connectivity index is 2.01. The Bertz CT molecular complexity index is 207. The Morgan fingerprint density at radius 3 is 2.69 bits per heavy atom. The predicted octanol–water partition coefficient (Wildman–Crippen LogP) is -0.656. The average molecular weight is 183 g/mol. The fourth-order valence-electron chi connectivity index (χ4n) is 2.30. The number of hydrogen-bond acceptors (Lipinski definition) is 3. The van der Waals surface area contributed by atoms with Gasteiger partial charge in [-0.3, -0.25) is 10.1 Å². The molecule has 1 heterocycles. The van der Waals surface area contributed by atoms with Crippen LogP contribution in [0.15, 0.2) is 0 Å². The second kappa shape index (κ2) is 3.64. The van der Waals surface area contributed by atoms with Gasteiger partial charge in [0.1, 0.15) is 0 Å². The highest BCUT2D eigenvalue weighted by molar-refractivity contribution is 5.83. The van der Waals surface area contributed by atoms with Gasteiger partial charge in [0.15, 0.2) is 0 Å². The van der Waals surface area contributed by atoms with Gasteiger partial charge in [-0.05, 0) is 12.8 Å². The van der Waals surface area contributed by atoms with E-state index >= 15 is 0 Å². The van der Waals surface area contributed by atoms with Crippen LogP contribution in [0.4, 0.5) is 0 Å². The lowest BCUT2D eigenvalue weighted by molar-refractivity contribution is -0.126. The zero-order valence-corrected chi connectivity index (χ0v) is 7.75. The topological polar surface area (TPSA) is 67.2 Å². The van der Waals surface area contributed by atoms with Gasteiger partial charge in [-0.1, -0.05) is 12.8 Å². The zero-order valence-electron chi connectivity index (χ0n) is 7.75. The third-order valence-corrected chi connectivity index (χ3v) is 3.06. The molecule has 1 amide bonds. The van der Waals surface area contributed by atoms with Gasteiger partial charge in [0.05, 0.1) is 6.04 Å². The van der Waals surface area contributed by atoms with Crippen molar-refractivity contribution in [2.45, 2.75) is 43.8 Å². The minimum Gasteiger partial charge on any atom is -0.350 e. The third kappa shape index (κ3) is 1.69. The molecule has 3 atom stereocenters. The van der Waals surface area contributed by atoms with Gasteiger partial charge < -0.3 is 11.1 Å². The molecule has 1 saturated carbocycles. The molecule has 2 aliphatic rings. The summed E-state index contributed by atoms with van der Waals surface area (Å²) in [6, 6.07) is 0.642. The predicted molar refractivity (Wildman–Crippen MR) is 50.2 cm³/mol. The van der Waals surface area contributed by atoms with E-state index in [0.29, 0.717) is 18.6 Å². The number of amides is 1. The van der Waals surface area contributed by atoms with Crippen LogP contribution in [0.1, 0.15) is 25.7 Å². The first-order valence-electron chi connectivity index (χ1n) is 5.08. The molecule has 1 aliphatic heterocycles. The molecular weight excluding hydrogens is 166 g/mol. The van der Waals surface area contributed by atoms with E-state index < -0.39 is 0 Å². The molecule has 0 bridgehead atoms. The summed E-state index contributed by atoms with van der Waals surface area (Å²) in [6.07, 6.45) is 4.78. The highest BCUT2D eigenvalue weighted by Gasteiger charge is 2.35. The maximum Gasteiger partial charge on any atom is 0.238 e. The van der Waals surface area contributed by atoms with Crippen LogP contribution < -0.4 is 16.4 Å². The van der Waals surface area contributed by atoms with Crippen LogP contribution in [-0.2, 0) is 4.79 Å². The number of hydrogen-bond donors (Lipinski definition) is 3. The molecule has 1 aliphatic carbocycles. The highest BCUT2D eigenvalue weighted by atomic mass is 16.2. The SMILES string of the molecule is NCC1NC2CCCCC2NC1=O. The number of rotatable bonds is 1. The van der Waals surface area contributed by atoms with Gasteiger partial charge in [0.25, 0.3) is 0 Å². The number of nitrogens with one attached hydrogen (secondary N) is 2. The maximum atomic E-state index is 11.4. The molecule has 2 rings (SSSR count). The fraction of sp³-hybridized carbons (Fsp3) is 0.889. The van der Waals surface area contributed by atoms with Crippen LogP contribution in [0, 0.1) is 0 Å². The Labute approximate surface area is 78.2 Å². The van der Waals surface area contributed by atoms with Crippen molar-refractivity contribution in [3.8, 4) is 0 Å². The van der Waals surface area contributed by atoms with Crippen LogP contribution in [0.2, 0.25) is 0 Å². The smallest absolute Gasteiger partial charge is 0.238 e. The zero-order chi connectivity index (χ0) is 9.26. The van der Waals surface area contributed by atoms with Gasteiger partial charge in [0.2, 0.25) is 5.91 Å². The van der Waals surface area contributed by atoms with E-state index in [9.17, 15) is 4.79 Å². The van der Waals surface area contributed by atoms with Crippen molar-refractivity contribution in [1.29, 1.82) is 0 Å². The van der Waals surface area contributed by atoms with E-state index in [2.05, 4.69) is 10.6 Å². The van der Waals surface area contributed by atoms with Crippen molar-refractivity contribution >= 4 is 5.91 Å².